The topological polar surface area (TPSA) is 50.7 Å². The van der Waals surface area contributed by atoms with Crippen molar-refractivity contribution in [3.63, 3.8) is 0 Å². The summed E-state index contributed by atoms with van der Waals surface area (Å²) in [6.07, 6.45) is -5.82. The summed E-state index contributed by atoms with van der Waals surface area (Å²) in [5, 5.41) is 12.5. The number of hydrogen-bond acceptors (Lipinski definition) is 4. The van der Waals surface area contributed by atoms with E-state index >= 15 is 0 Å². The number of ether oxygens (including phenoxy) is 2. The molecule has 0 spiro atoms. The Morgan fingerprint density at radius 1 is 1.47 bits per heavy atom. The van der Waals surface area contributed by atoms with Crippen LogP contribution in [0.15, 0.2) is 24.3 Å². The van der Waals surface area contributed by atoms with E-state index < -0.39 is 52.0 Å². The fourth-order valence-electron chi connectivity index (χ4n) is 1.09. The number of benzene rings is 1. The Morgan fingerprint density at radius 2 is 2.26 bits per heavy atom. The zero-order valence-corrected chi connectivity index (χ0v) is 10.4. The molecule has 0 bridgehead atoms. The highest BCUT2D eigenvalue weighted by atomic mass is 16.5. The van der Waals surface area contributed by atoms with E-state index in [9.17, 15) is 5.11 Å². The summed E-state index contributed by atoms with van der Waals surface area (Å²) in [7, 11) is -3.19. The monoisotopic (exact) mass is 280 g/mol. The van der Waals surface area contributed by atoms with Gasteiger partial charge in [-0.3, -0.25) is 0 Å². The van der Waals surface area contributed by atoms with Gasteiger partial charge in [0.25, 0.3) is 0 Å². The van der Waals surface area contributed by atoms with E-state index in [0.29, 0.717) is 0 Å². The van der Waals surface area contributed by atoms with Crippen LogP contribution < -0.4 is 10.1 Å². The first-order valence-electron chi connectivity index (χ1n) is 12.0. The van der Waals surface area contributed by atoms with Crippen molar-refractivity contribution >= 4 is 0 Å². The molecule has 0 fully saturated rings. The molecule has 0 saturated carbocycles. The number of methoxy groups -OCH3 is 1. The normalized spacial score (nSPS) is 29.5. The number of nitrogens with one attached hydrogen (secondary N) is 1. The Hall–Kier alpha value is -1.10. The third kappa shape index (κ3) is 7.15. The van der Waals surface area contributed by atoms with E-state index in [4.69, 9.17) is 22.6 Å². The van der Waals surface area contributed by atoms with E-state index in [-0.39, 0.29) is 11.3 Å². The number of hydrogen-bond donors (Lipinski definition) is 2. The van der Waals surface area contributed by atoms with Crippen LogP contribution in [0.4, 0.5) is 0 Å². The Bertz CT molecular complexity index is 759. The molecule has 2 atom stereocenters. The maximum absolute atomic E-state index is 10.2. The van der Waals surface area contributed by atoms with Crippen LogP contribution in [0.3, 0.4) is 0 Å². The molecular formula is C15H25NO3. The summed E-state index contributed by atoms with van der Waals surface area (Å²) in [4.78, 5) is 0. The second-order valence-electron chi connectivity index (χ2n) is 3.61. The number of rotatable bonds is 9. The van der Waals surface area contributed by atoms with E-state index in [1.165, 1.54) is 6.92 Å². The predicted molar refractivity (Wildman–Crippen MR) is 76.7 cm³/mol. The van der Waals surface area contributed by atoms with Crippen LogP contribution in [-0.2, 0) is 11.1 Å². The van der Waals surface area contributed by atoms with Crippen molar-refractivity contribution in [3.8, 4) is 5.75 Å². The van der Waals surface area contributed by atoms with Crippen molar-refractivity contribution < 1.29 is 32.4 Å². The van der Waals surface area contributed by atoms with Crippen LogP contribution in [0.2, 0.25) is 0 Å². The Balaban J connectivity index is 2.98. The molecule has 0 aliphatic carbocycles. The van der Waals surface area contributed by atoms with E-state index in [0.717, 1.165) is 24.3 Å². The van der Waals surface area contributed by atoms with Gasteiger partial charge in [-0.05, 0) is 24.1 Å². The van der Waals surface area contributed by atoms with Gasteiger partial charge in [-0.1, -0.05) is 25.9 Å². The van der Waals surface area contributed by atoms with Crippen molar-refractivity contribution in [2.75, 3.05) is 26.7 Å². The van der Waals surface area contributed by atoms with Gasteiger partial charge in [-0.25, -0.2) is 0 Å². The second kappa shape index (κ2) is 8.91. The summed E-state index contributed by atoms with van der Waals surface area (Å²) >= 11 is 0. The number of aliphatic hydroxyl groups is 1. The first kappa shape index (κ1) is 5.35. The molecule has 0 amide bonds. The van der Waals surface area contributed by atoms with Gasteiger partial charge in [0.05, 0.1) is 17.5 Å². The van der Waals surface area contributed by atoms with Gasteiger partial charge in [-0.2, -0.15) is 0 Å². The van der Waals surface area contributed by atoms with E-state index in [2.05, 4.69) is 10.1 Å². The molecule has 0 saturated heterocycles. The molecule has 0 aliphatic rings. The Labute approximate surface area is 134 Å². The zero-order chi connectivity index (χ0) is 25.4. The van der Waals surface area contributed by atoms with Crippen molar-refractivity contribution in [1.29, 1.82) is 0 Å². The largest absolute Gasteiger partial charge is 0.491 e. The van der Waals surface area contributed by atoms with Gasteiger partial charge in [0, 0.05) is 26.5 Å². The summed E-state index contributed by atoms with van der Waals surface area (Å²) in [6.45, 7) is -8.21. The lowest BCUT2D eigenvalue weighted by Crippen LogP contribution is -2.35. The standard InChI is InChI=1S/C15H25NO3/c1-12(2)16-10-14(17)11-19-15-6-4-13(5-7-15)8-9-18-3/h4-7,12,14,16-17H,8-11H2,1-3H3/i1D3,3D3,8D2,9D2,11D2,14D. The lowest BCUT2D eigenvalue weighted by atomic mass is 10.1. The quantitative estimate of drug-likeness (QED) is 0.721. The van der Waals surface area contributed by atoms with Gasteiger partial charge in [0.15, 0.2) is 0 Å². The smallest absolute Gasteiger partial charge is 0.119 e. The first-order chi connectivity index (χ1) is 14.0. The molecule has 1 aromatic rings. The lowest BCUT2D eigenvalue weighted by molar-refractivity contribution is 0.104. The minimum absolute atomic E-state index is 0.263. The average molecular weight is 280 g/mol. The first-order valence-corrected chi connectivity index (χ1v) is 5.47. The molecule has 2 unspecified atom stereocenters. The van der Waals surface area contributed by atoms with Crippen LogP contribution in [0, 0.1) is 0 Å². The second-order valence-corrected chi connectivity index (χ2v) is 3.61. The highest BCUT2D eigenvalue weighted by molar-refractivity contribution is 5.27. The minimum Gasteiger partial charge on any atom is -0.491 e. The van der Waals surface area contributed by atoms with E-state index in [1.807, 2.05) is 0 Å². The van der Waals surface area contributed by atoms with Crippen molar-refractivity contribution in [1.82, 2.24) is 5.32 Å². The SMILES string of the molecule is [2H]C([2H])([2H])OC([2H])([2H])C([2H])([2H])c1ccc(OC([2H])([2H])C([2H])(O)CNC(C)C([2H])([2H])[2H])cc1. The van der Waals surface area contributed by atoms with Crippen molar-refractivity contribution in [2.24, 2.45) is 0 Å². The summed E-state index contributed by atoms with van der Waals surface area (Å²) < 4.78 is 107. The van der Waals surface area contributed by atoms with Gasteiger partial charge in [-0.15, -0.1) is 0 Å². The fraction of sp³-hybridized carbons (Fsp3) is 0.600. The molecule has 0 aliphatic heterocycles. The molecule has 108 valence electrons. The highest BCUT2D eigenvalue weighted by Gasteiger charge is 2.05. The van der Waals surface area contributed by atoms with Crippen LogP contribution in [0.25, 0.3) is 0 Å². The maximum atomic E-state index is 10.2. The minimum atomic E-state index is -3.23. The number of aryl methyl sites for hydroxylation is 1. The van der Waals surface area contributed by atoms with Crippen molar-refractivity contribution in [3.05, 3.63) is 29.8 Å². The lowest BCUT2D eigenvalue weighted by Gasteiger charge is -2.15. The molecular weight excluding hydrogens is 242 g/mol. The highest BCUT2D eigenvalue weighted by Crippen LogP contribution is 2.12. The summed E-state index contributed by atoms with van der Waals surface area (Å²) in [5.74, 6) is -0.263. The van der Waals surface area contributed by atoms with Gasteiger partial charge >= 0.3 is 0 Å². The van der Waals surface area contributed by atoms with Crippen molar-refractivity contribution in [2.45, 2.75) is 32.3 Å². The van der Waals surface area contributed by atoms with Gasteiger partial charge < -0.3 is 19.9 Å². The molecule has 1 aromatic carbocycles. The third-order valence-corrected chi connectivity index (χ3v) is 1.96. The molecule has 4 heteroatoms. The third-order valence-electron chi connectivity index (χ3n) is 1.96. The Kier molecular flexibility index (Phi) is 2.51. The van der Waals surface area contributed by atoms with Gasteiger partial charge in [0.1, 0.15) is 18.4 Å². The zero-order valence-electron chi connectivity index (χ0n) is 23.4. The molecule has 0 aromatic heterocycles. The maximum Gasteiger partial charge on any atom is 0.119 e. The average Bonchev–Trinajstić information content (AvgIpc) is 2.56. The molecule has 0 heterocycles. The molecule has 0 radical (unpaired) electrons. The molecule has 4 nitrogen and oxygen atoms in total. The molecule has 2 N–H and O–H groups in total. The summed E-state index contributed by atoms with van der Waals surface area (Å²) in [5.41, 5.74) is -0.339. The summed E-state index contributed by atoms with van der Waals surface area (Å²) in [6, 6.07) is 2.94. The van der Waals surface area contributed by atoms with Crippen LogP contribution in [0.5, 0.6) is 5.75 Å². The van der Waals surface area contributed by atoms with Gasteiger partial charge in [0.2, 0.25) is 0 Å². The Morgan fingerprint density at radius 3 is 2.95 bits per heavy atom. The molecule has 1 rings (SSSR count). The van der Waals surface area contributed by atoms with Crippen LogP contribution in [0.1, 0.15) is 37.2 Å². The fourth-order valence-corrected chi connectivity index (χ4v) is 1.09. The van der Waals surface area contributed by atoms with E-state index in [1.54, 1.807) is 0 Å². The predicted octanol–water partition coefficient (Wildman–Crippen LogP) is 1.61. The van der Waals surface area contributed by atoms with Crippen LogP contribution >= 0.6 is 0 Å². The molecule has 19 heavy (non-hydrogen) atoms. The van der Waals surface area contributed by atoms with Crippen LogP contribution in [-0.4, -0.2) is 43.9 Å².